The van der Waals surface area contributed by atoms with Gasteiger partial charge in [-0.2, -0.15) is 0 Å². The smallest absolute Gasteiger partial charge is 0.130 e. The molecule has 33 heavy (non-hydrogen) atoms. The van der Waals surface area contributed by atoms with Crippen LogP contribution in [-0.2, 0) is 23.8 Å². The number of fused-ring (bicyclic) bond motifs is 2. The van der Waals surface area contributed by atoms with Crippen LogP contribution < -0.4 is 10.2 Å². The third-order valence-electron chi connectivity index (χ3n) is 6.11. The topological polar surface area (TPSA) is 52.6 Å². The minimum Gasteiger partial charge on any atom is -0.396 e. The number of aliphatic hydroxyl groups excluding tert-OH is 1. The molecule has 4 rings (SSSR count). The van der Waals surface area contributed by atoms with E-state index in [2.05, 4.69) is 17.1 Å². The average molecular weight is 471 g/mol. The van der Waals surface area contributed by atoms with Gasteiger partial charge in [-0.1, -0.05) is 18.2 Å². The van der Waals surface area contributed by atoms with Crippen molar-refractivity contribution in [3.8, 4) is 0 Å². The molecular formula is C26H28F2N2O2S. The Balaban J connectivity index is 1.55. The molecule has 3 aromatic rings. The lowest BCUT2D eigenvalue weighted by Gasteiger charge is -2.35. The average Bonchev–Trinajstić information content (AvgIpc) is 2.79. The summed E-state index contributed by atoms with van der Waals surface area (Å²) in [5, 5.41) is 12.6. The Labute approximate surface area is 195 Å². The number of anilines is 2. The molecule has 4 nitrogen and oxygen atoms in total. The van der Waals surface area contributed by atoms with Crippen LogP contribution >= 0.6 is 0 Å². The molecule has 174 valence electrons. The number of hydrogen-bond donors (Lipinski definition) is 2. The van der Waals surface area contributed by atoms with Crippen LogP contribution in [-0.4, -0.2) is 29.0 Å². The molecular weight excluding hydrogens is 442 g/mol. The molecule has 0 spiro atoms. The Morgan fingerprint density at radius 1 is 1.03 bits per heavy atom. The Kier molecular flexibility index (Phi) is 7.22. The van der Waals surface area contributed by atoms with Gasteiger partial charge < -0.3 is 15.3 Å². The number of halogens is 2. The maximum Gasteiger partial charge on any atom is 0.130 e. The van der Waals surface area contributed by atoms with E-state index in [-0.39, 0.29) is 6.61 Å². The van der Waals surface area contributed by atoms with Gasteiger partial charge in [-0.15, -0.1) is 0 Å². The molecule has 0 amide bonds. The largest absolute Gasteiger partial charge is 0.396 e. The predicted molar refractivity (Wildman–Crippen MR) is 128 cm³/mol. The lowest BCUT2D eigenvalue weighted by Crippen LogP contribution is -2.29. The fourth-order valence-electron chi connectivity index (χ4n) is 4.20. The van der Waals surface area contributed by atoms with E-state index in [1.165, 1.54) is 12.1 Å². The molecule has 1 atom stereocenters. The van der Waals surface area contributed by atoms with Crippen LogP contribution in [0, 0.1) is 25.5 Å². The zero-order chi connectivity index (χ0) is 23.5. The van der Waals surface area contributed by atoms with E-state index in [0.29, 0.717) is 31.6 Å². The van der Waals surface area contributed by atoms with Gasteiger partial charge in [-0.05, 0) is 74.2 Å². The lowest BCUT2D eigenvalue weighted by atomic mass is 10.0. The van der Waals surface area contributed by atoms with Crippen LogP contribution in [0.15, 0.2) is 58.3 Å². The summed E-state index contributed by atoms with van der Waals surface area (Å²) in [6, 6.07) is 13.4. The van der Waals surface area contributed by atoms with E-state index in [1.807, 2.05) is 37.3 Å². The molecule has 1 heterocycles. The predicted octanol–water partition coefficient (Wildman–Crippen LogP) is 4.91. The summed E-state index contributed by atoms with van der Waals surface area (Å²) >= 11 is 0. The summed E-state index contributed by atoms with van der Waals surface area (Å²) in [6.45, 7) is 5.80. The fourth-order valence-corrected chi connectivity index (χ4v) is 5.62. The number of nitrogens with zero attached hydrogens (tertiary/aromatic N) is 1. The van der Waals surface area contributed by atoms with Crippen molar-refractivity contribution >= 4 is 22.2 Å². The summed E-state index contributed by atoms with van der Waals surface area (Å²) in [5.74, 6) is -1.13. The minimum absolute atomic E-state index is 0.0560. The van der Waals surface area contributed by atoms with E-state index in [4.69, 9.17) is 0 Å². The maximum atomic E-state index is 13.9. The summed E-state index contributed by atoms with van der Waals surface area (Å²) in [6.07, 6.45) is 1.31. The molecule has 2 N–H and O–H groups in total. The highest BCUT2D eigenvalue weighted by atomic mass is 32.2. The lowest BCUT2D eigenvalue weighted by molar-refractivity contribution is 0.299. The minimum atomic E-state index is -1.27. The van der Waals surface area contributed by atoms with Gasteiger partial charge in [0, 0.05) is 31.3 Å². The normalized spacial score (nSPS) is 14.8. The second kappa shape index (κ2) is 10.1. The molecule has 0 aliphatic carbocycles. The highest BCUT2D eigenvalue weighted by Crippen LogP contribution is 2.44. The molecule has 0 bridgehead atoms. The van der Waals surface area contributed by atoms with Crippen molar-refractivity contribution in [3.63, 3.8) is 0 Å². The van der Waals surface area contributed by atoms with Crippen molar-refractivity contribution in [1.29, 1.82) is 0 Å². The zero-order valence-corrected chi connectivity index (χ0v) is 19.6. The fraction of sp³-hybridized carbons (Fsp3) is 0.308. The molecule has 1 aliphatic heterocycles. The first-order valence-electron chi connectivity index (χ1n) is 11.1. The standard InChI is InChI=1S/C26H28F2N2O2S/c1-17-4-8-25-26(18(17)2)30(23-14-19(10-13-31)5-9-24(23)33(25)32)12-3-11-29-16-20-6-7-21(27)15-22(20)28/h4-9,14-15,29,31H,3,10-13,16H2,1-2H3. The van der Waals surface area contributed by atoms with Crippen LogP contribution in [0.25, 0.3) is 0 Å². The number of aliphatic hydroxyl groups is 1. The molecule has 0 aromatic heterocycles. The first-order valence-corrected chi connectivity index (χ1v) is 12.2. The number of nitrogens with one attached hydrogen (secondary N) is 1. The summed E-state index contributed by atoms with van der Waals surface area (Å²) in [5.41, 5.74) is 5.55. The SMILES string of the molecule is Cc1ccc2c(c1C)N(CCCNCc1ccc(F)cc1F)c1cc(CCO)ccc1S2=O. The number of rotatable bonds is 8. The molecule has 0 fully saturated rings. The summed E-state index contributed by atoms with van der Waals surface area (Å²) in [7, 11) is -1.27. The van der Waals surface area contributed by atoms with E-state index in [1.54, 1.807) is 0 Å². The van der Waals surface area contributed by atoms with Gasteiger partial charge in [0.1, 0.15) is 11.6 Å². The summed E-state index contributed by atoms with van der Waals surface area (Å²) in [4.78, 5) is 3.80. The van der Waals surface area contributed by atoms with Crippen LogP contribution in [0.3, 0.4) is 0 Å². The quantitative estimate of drug-likeness (QED) is 0.459. The van der Waals surface area contributed by atoms with Gasteiger partial charge in [-0.3, -0.25) is 0 Å². The molecule has 1 unspecified atom stereocenters. The molecule has 0 saturated heterocycles. The molecule has 1 aliphatic rings. The highest BCUT2D eigenvalue weighted by molar-refractivity contribution is 7.85. The van der Waals surface area contributed by atoms with Crippen LogP contribution in [0.2, 0.25) is 0 Å². The molecule has 0 radical (unpaired) electrons. The Hall–Kier alpha value is -2.61. The van der Waals surface area contributed by atoms with Gasteiger partial charge >= 0.3 is 0 Å². The Bertz CT molecular complexity index is 1200. The first-order chi connectivity index (χ1) is 15.9. The van der Waals surface area contributed by atoms with Gasteiger partial charge in [0.05, 0.1) is 32.0 Å². The van der Waals surface area contributed by atoms with Crippen molar-refractivity contribution in [3.05, 3.63) is 82.4 Å². The second-order valence-corrected chi connectivity index (χ2v) is 9.73. The van der Waals surface area contributed by atoms with Crippen molar-refractivity contribution in [2.45, 2.75) is 43.0 Å². The molecule has 0 saturated carbocycles. The van der Waals surface area contributed by atoms with E-state index >= 15 is 0 Å². The van der Waals surface area contributed by atoms with Gasteiger partial charge in [-0.25, -0.2) is 13.0 Å². The van der Waals surface area contributed by atoms with Gasteiger partial charge in [0.25, 0.3) is 0 Å². The maximum absolute atomic E-state index is 13.9. The van der Waals surface area contributed by atoms with Crippen molar-refractivity contribution < 1.29 is 18.1 Å². The van der Waals surface area contributed by atoms with Crippen molar-refractivity contribution in [2.75, 3.05) is 24.6 Å². The van der Waals surface area contributed by atoms with E-state index in [0.717, 1.165) is 50.3 Å². The first kappa shape index (κ1) is 23.5. The second-order valence-electron chi connectivity index (χ2n) is 8.32. The Morgan fingerprint density at radius 3 is 2.58 bits per heavy atom. The number of benzene rings is 3. The third-order valence-corrected chi connectivity index (χ3v) is 7.59. The Morgan fingerprint density at radius 2 is 1.82 bits per heavy atom. The van der Waals surface area contributed by atoms with Crippen molar-refractivity contribution in [2.24, 2.45) is 0 Å². The zero-order valence-electron chi connectivity index (χ0n) is 18.8. The molecule has 7 heteroatoms. The van der Waals surface area contributed by atoms with E-state index < -0.39 is 22.4 Å². The van der Waals surface area contributed by atoms with Gasteiger partial charge in [0.15, 0.2) is 0 Å². The van der Waals surface area contributed by atoms with Crippen LogP contribution in [0.5, 0.6) is 0 Å². The van der Waals surface area contributed by atoms with E-state index in [9.17, 15) is 18.1 Å². The van der Waals surface area contributed by atoms with Gasteiger partial charge in [0.2, 0.25) is 0 Å². The summed E-state index contributed by atoms with van der Waals surface area (Å²) < 4.78 is 40.3. The van der Waals surface area contributed by atoms with Crippen LogP contribution in [0.1, 0.15) is 28.7 Å². The van der Waals surface area contributed by atoms with Crippen molar-refractivity contribution in [1.82, 2.24) is 5.32 Å². The van der Waals surface area contributed by atoms with Crippen LogP contribution in [0.4, 0.5) is 20.2 Å². The highest BCUT2D eigenvalue weighted by Gasteiger charge is 2.30. The monoisotopic (exact) mass is 470 g/mol. The number of aryl methyl sites for hydroxylation is 1. The third kappa shape index (κ3) is 4.86. The molecule has 3 aromatic carbocycles. The number of hydrogen-bond acceptors (Lipinski definition) is 4.